The maximum atomic E-state index is 12.3. The minimum Gasteiger partial charge on any atom is -0.272 e. The third-order valence-corrected chi connectivity index (χ3v) is 3.56. The number of benzene rings is 1. The van der Waals surface area contributed by atoms with E-state index in [1.54, 1.807) is 5.01 Å². The van der Waals surface area contributed by atoms with Gasteiger partial charge >= 0.3 is 0 Å². The number of anilines is 1. The molecule has 1 heterocycles. The van der Waals surface area contributed by atoms with Crippen LogP contribution in [0.5, 0.6) is 0 Å². The molecule has 0 bridgehead atoms. The summed E-state index contributed by atoms with van der Waals surface area (Å²) in [6, 6.07) is 9.71. The van der Waals surface area contributed by atoms with Crippen LogP contribution in [0.1, 0.15) is 32.1 Å². The number of rotatable bonds is 1. The zero-order valence-electron chi connectivity index (χ0n) is 9.80. The van der Waals surface area contributed by atoms with E-state index < -0.39 is 0 Å². The van der Waals surface area contributed by atoms with Crippen LogP contribution in [-0.4, -0.2) is 11.6 Å². The van der Waals surface area contributed by atoms with Gasteiger partial charge in [-0.25, -0.2) is 5.01 Å². The quantitative estimate of drug-likeness (QED) is 0.727. The summed E-state index contributed by atoms with van der Waals surface area (Å²) in [4.78, 5) is 12.3. The molecule has 1 aromatic rings. The summed E-state index contributed by atoms with van der Waals surface area (Å²) >= 11 is 0. The number of para-hydroxylation sites is 1. The van der Waals surface area contributed by atoms with E-state index >= 15 is 0 Å². The van der Waals surface area contributed by atoms with Crippen LogP contribution in [0.3, 0.4) is 0 Å². The molecule has 2 aliphatic rings. The highest BCUT2D eigenvalue weighted by molar-refractivity contribution is 6.15. The summed E-state index contributed by atoms with van der Waals surface area (Å²) in [6.07, 6.45) is 5.51. The van der Waals surface area contributed by atoms with Crippen LogP contribution >= 0.6 is 0 Å². The molecule has 1 aliphatic carbocycles. The Morgan fingerprint density at radius 3 is 2.76 bits per heavy atom. The van der Waals surface area contributed by atoms with E-state index in [1.807, 2.05) is 30.3 Å². The van der Waals surface area contributed by atoms with Gasteiger partial charge < -0.3 is 0 Å². The number of carbonyl (C=O) groups is 1. The molecule has 0 N–H and O–H groups in total. The van der Waals surface area contributed by atoms with Crippen LogP contribution in [0.25, 0.3) is 0 Å². The molecule has 3 rings (SSSR count). The topological polar surface area (TPSA) is 32.7 Å². The Labute approximate surface area is 101 Å². The monoisotopic (exact) mass is 228 g/mol. The van der Waals surface area contributed by atoms with Gasteiger partial charge in [0, 0.05) is 0 Å². The first-order chi connectivity index (χ1) is 8.36. The highest BCUT2D eigenvalue weighted by atomic mass is 16.2. The summed E-state index contributed by atoms with van der Waals surface area (Å²) in [5.74, 6) is 0.214. The molecule has 1 saturated carbocycles. The number of amides is 1. The van der Waals surface area contributed by atoms with Crippen molar-refractivity contribution < 1.29 is 4.79 Å². The second-order valence-electron chi connectivity index (χ2n) is 4.73. The Hall–Kier alpha value is -1.64. The fourth-order valence-corrected chi connectivity index (χ4v) is 2.64. The van der Waals surface area contributed by atoms with Crippen LogP contribution in [0.4, 0.5) is 5.69 Å². The zero-order valence-corrected chi connectivity index (χ0v) is 9.80. The number of hydrogen-bond acceptors (Lipinski definition) is 2. The van der Waals surface area contributed by atoms with Gasteiger partial charge in [0.2, 0.25) is 0 Å². The smallest absolute Gasteiger partial charge is 0.256 e. The third kappa shape index (κ3) is 1.86. The van der Waals surface area contributed by atoms with Crippen molar-refractivity contribution in [1.29, 1.82) is 0 Å². The van der Waals surface area contributed by atoms with Crippen molar-refractivity contribution >= 4 is 17.3 Å². The Morgan fingerprint density at radius 1 is 1.12 bits per heavy atom. The summed E-state index contributed by atoms with van der Waals surface area (Å²) < 4.78 is 0. The van der Waals surface area contributed by atoms with Crippen molar-refractivity contribution in [2.24, 2.45) is 11.0 Å². The molecule has 88 valence electrons. The lowest BCUT2D eigenvalue weighted by Gasteiger charge is -2.13. The normalized spacial score (nSPS) is 24.2. The van der Waals surface area contributed by atoms with Crippen molar-refractivity contribution in [1.82, 2.24) is 0 Å². The van der Waals surface area contributed by atoms with E-state index in [2.05, 4.69) is 5.10 Å². The Morgan fingerprint density at radius 2 is 1.94 bits per heavy atom. The van der Waals surface area contributed by atoms with Gasteiger partial charge in [-0.3, -0.25) is 4.79 Å². The van der Waals surface area contributed by atoms with E-state index in [0.717, 1.165) is 30.7 Å². The molecule has 17 heavy (non-hydrogen) atoms. The van der Waals surface area contributed by atoms with E-state index in [0.29, 0.717) is 0 Å². The van der Waals surface area contributed by atoms with Crippen LogP contribution in [-0.2, 0) is 4.79 Å². The number of hydrogen-bond donors (Lipinski definition) is 0. The third-order valence-electron chi connectivity index (χ3n) is 3.56. The Balaban J connectivity index is 1.91. The molecule has 0 radical (unpaired) electrons. The summed E-state index contributed by atoms with van der Waals surface area (Å²) in [5, 5.41) is 6.11. The predicted octanol–water partition coefficient (Wildman–Crippen LogP) is 2.97. The standard InChI is InChI=1S/C14H16N2O/c17-14-12-9-5-2-6-10-13(12)15-16(14)11-7-3-1-4-8-11/h1,3-4,7-8,12H,2,5-6,9-10H2. The van der Waals surface area contributed by atoms with Gasteiger partial charge in [-0.2, -0.15) is 5.10 Å². The van der Waals surface area contributed by atoms with E-state index in [-0.39, 0.29) is 11.8 Å². The first-order valence-electron chi connectivity index (χ1n) is 6.32. The average Bonchev–Trinajstić information content (AvgIpc) is 2.56. The molecule has 0 spiro atoms. The van der Waals surface area contributed by atoms with Crippen molar-refractivity contribution in [3.05, 3.63) is 30.3 Å². The maximum Gasteiger partial charge on any atom is 0.256 e. The summed E-state index contributed by atoms with van der Waals surface area (Å²) in [7, 11) is 0. The molecule has 3 nitrogen and oxygen atoms in total. The van der Waals surface area contributed by atoms with E-state index in [9.17, 15) is 4.79 Å². The van der Waals surface area contributed by atoms with Crippen LogP contribution in [0.15, 0.2) is 35.4 Å². The largest absolute Gasteiger partial charge is 0.272 e. The Kier molecular flexibility index (Phi) is 2.67. The molecule has 3 heteroatoms. The number of nitrogens with zero attached hydrogens (tertiary/aromatic N) is 2. The number of hydrazone groups is 1. The minimum atomic E-state index is 0.0534. The van der Waals surface area contributed by atoms with Crippen LogP contribution in [0.2, 0.25) is 0 Å². The SMILES string of the molecule is O=C1C2CCCCCC2=NN1c1ccccc1. The van der Waals surface area contributed by atoms with E-state index in [4.69, 9.17) is 0 Å². The molecule has 1 fully saturated rings. The summed E-state index contributed by atoms with van der Waals surface area (Å²) in [5.41, 5.74) is 1.98. The molecule has 0 saturated heterocycles. The molecule has 1 unspecified atom stereocenters. The molecule has 1 atom stereocenters. The first kappa shape index (κ1) is 10.5. The Bertz CT molecular complexity index is 453. The number of carbonyl (C=O) groups excluding carboxylic acids is 1. The second kappa shape index (κ2) is 4.32. The van der Waals surface area contributed by atoms with Gasteiger partial charge in [0.15, 0.2) is 0 Å². The fourth-order valence-electron chi connectivity index (χ4n) is 2.64. The lowest BCUT2D eigenvalue weighted by Crippen LogP contribution is -2.26. The van der Waals surface area contributed by atoms with Gasteiger partial charge in [0.25, 0.3) is 5.91 Å². The number of fused-ring (bicyclic) bond motifs is 1. The maximum absolute atomic E-state index is 12.3. The molecule has 0 aromatic heterocycles. The highest BCUT2D eigenvalue weighted by Gasteiger charge is 2.36. The molecule has 1 amide bonds. The minimum absolute atomic E-state index is 0.0534. The van der Waals surface area contributed by atoms with Crippen LogP contribution in [0, 0.1) is 5.92 Å². The zero-order chi connectivity index (χ0) is 11.7. The van der Waals surface area contributed by atoms with Gasteiger partial charge in [-0.15, -0.1) is 0 Å². The van der Waals surface area contributed by atoms with Gasteiger partial charge in [0.05, 0.1) is 17.3 Å². The second-order valence-corrected chi connectivity index (χ2v) is 4.73. The van der Waals surface area contributed by atoms with Gasteiger partial charge in [0.1, 0.15) is 0 Å². The van der Waals surface area contributed by atoms with Crippen LogP contribution < -0.4 is 5.01 Å². The predicted molar refractivity (Wildman–Crippen MR) is 67.9 cm³/mol. The van der Waals surface area contributed by atoms with Gasteiger partial charge in [-0.1, -0.05) is 31.0 Å². The fraction of sp³-hybridized carbons (Fsp3) is 0.429. The van der Waals surface area contributed by atoms with E-state index in [1.165, 1.54) is 12.8 Å². The molecular weight excluding hydrogens is 212 g/mol. The van der Waals surface area contributed by atoms with Crippen molar-refractivity contribution in [3.63, 3.8) is 0 Å². The first-order valence-corrected chi connectivity index (χ1v) is 6.32. The van der Waals surface area contributed by atoms with Crippen molar-refractivity contribution in [2.45, 2.75) is 32.1 Å². The van der Waals surface area contributed by atoms with Crippen molar-refractivity contribution in [3.8, 4) is 0 Å². The van der Waals surface area contributed by atoms with Crippen molar-refractivity contribution in [2.75, 3.05) is 5.01 Å². The lowest BCUT2D eigenvalue weighted by molar-refractivity contribution is -0.119. The average molecular weight is 228 g/mol. The summed E-state index contributed by atoms with van der Waals surface area (Å²) in [6.45, 7) is 0. The van der Waals surface area contributed by atoms with Gasteiger partial charge in [-0.05, 0) is 31.4 Å². The molecule has 1 aliphatic heterocycles. The molecule has 1 aromatic carbocycles. The lowest BCUT2D eigenvalue weighted by atomic mass is 9.98. The highest BCUT2D eigenvalue weighted by Crippen LogP contribution is 2.30. The molecular formula is C14H16N2O.